The minimum atomic E-state index is -0.571. The van der Waals surface area contributed by atoms with E-state index in [1.807, 2.05) is 34.6 Å². The van der Waals surface area contributed by atoms with Crippen LogP contribution in [0.2, 0.25) is 0 Å². The van der Waals surface area contributed by atoms with Crippen molar-refractivity contribution >= 4 is 17.8 Å². The van der Waals surface area contributed by atoms with Crippen LogP contribution in [0.1, 0.15) is 61.3 Å². The van der Waals surface area contributed by atoms with E-state index in [0.29, 0.717) is 25.4 Å². The second kappa shape index (κ2) is 10.1. The second-order valence-corrected chi connectivity index (χ2v) is 8.80. The normalized spacial score (nSPS) is 25.8. The van der Waals surface area contributed by atoms with Crippen molar-refractivity contribution in [2.45, 2.75) is 79.6 Å². The van der Waals surface area contributed by atoms with E-state index in [-0.39, 0.29) is 30.5 Å². The van der Waals surface area contributed by atoms with Gasteiger partial charge in [-0.1, -0.05) is 34.6 Å². The molecule has 1 fully saturated rings. The van der Waals surface area contributed by atoms with E-state index in [2.05, 4.69) is 5.32 Å². The molecule has 0 heterocycles. The molecule has 1 aliphatic rings. The minimum Gasteiger partial charge on any atom is -0.466 e. The predicted molar refractivity (Wildman–Crippen MR) is 101 cm³/mol. The van der Waals surface area contributed by atoms with Crippen LogP contribution in [0.4, 0.5) is 0 Å². The van der Waals surface area contributed by atoms with E-state index in [0.717, 1.165) is 0 Å². The summed E-state index contributed by atoms with van der Waals surface area (Å²) >= 11 is 0. The van der Waals surface area contributed by atoms with Crippen molar-refractivity contribution in [1.82, 2.24) is 5.32 Å². The lowest BCUT2D eigenvalue weighted by Gasteiger charge is -2.42. The molecular weight excluding hydrogens is 350 g/mol. The SMILES string of the molecule is CC(=O)OC[C@H]1C[C@H](OCC(C)C)[C@H](NC(=O)C(C)(C)C)[C@@H](OC(C)=O)C1. The number of nitrogens with one attached hydrogen (secondary N) is 1. The summed E-state index contributed by atoms with van der Waals surface area (Å²) in [6.45, 7) is 13.1. The molecule has 0 aromatic heterocycles. The van der Waals surface area contributed by atoms with Crippen LogP contribution in [0, 0.1) is 17.3 Å². The Kier molecular flexibility index (Phi) is 8.72. The highest BCUT2D eigenvalue weighted by Crippen LogP contribution is 2.31. The summed E-state index contributed by atoms with van der Waals surface area (Å²) in [5, 5.41) is 3.02. The summed E-state index contributed by atoms with van der Waals surface area (Å²) in [5.74, 6) is -0.558. The second-order valence-electron chi connectivity index (χ2n) is 8.80. The topological polar surface area (TPSA) is 90.9 Å². The first-order valence-electron chi connectivity index (χ1n) is 9.63. The molecule has 1 N–H and O–H groups in total. The van der Waals surface area contributed by atoms with E-state index in [9.17, 15) is 14.4 Å². The standard InChI is InChI=1S/C20H35NO6/c1-12(2)10-26-16-8-15(11-25-13(3)22)9-17(27-14(4)23)18(16)21-19(24)20(5,6)7/h12,15-18H,8-11H2,1-7H3,(H,21,24)/t15-,16-,17-,18-/m0/s1. The van der Waals surface area contributed by atoms with Crippen molar-refractivity contribution in [2.75, 3.05) is 13.2 Å². The number of carbonyl (C=O) groups is 3. The Bertz CT molecular complexity index is 525. The zero-order valence-corrected chi connectivity index (χ0v) is 17.7. The number of rotatable bonds is 7. The van der Waals surface area contributed by atoms with Crippen molar-refractivity contribution in [2.24, 2.45) is 17.3 Å². The fraction of sp³-hybridized carbons (Fsp3) is 0.850. The number of amides is 1. The molecule has 0 aromatic rings. The van der Waals surface area contributed by atoms with Crippen LogP contribution >= 0.6 is 0 Å². The summed E-state index contributed by atoms with van der Waals surface area (Å²) in [4.78, 5) is 35.4. The molecule has 27 heavy (non-hydrogen) atoms. The van der Waals surface area contributed by atoms with Crippen molar-refractivity contribution < 1.29 is 28.6 Å². The van der Waals surface area contributed by atoms with Gasteiger partial charge in [0.15, 0.2) is 0 Å². The van der Waals surface area contributed by atoms with Crippen LogP contribution in [-0.4, -0.2) is 49.3 Å². The van der Waals surface area contributed by atoms with E-state index in [4.69, 9.17) is 14.2 Å². The average Bonchev–Trinajstić information content (AvgIpc) is 2.51. The molecule has 0 spiro atoms. The highest BCUT2D eigenvalue weighted by molar-refractivity contribution is 5.81. The number of ether oxygens (including phenoxy) is 3. The molecule has 0 bridgehead atoms. The molecule has 1 saturated carbocycles. The summed E-state index contributed by atoms with van der Waals surface area (Å²) in [6.07, 6.45) is 0.272. The van der Waals surface area contributed by atoms with Gasteiger partial charge in [-0.15, -0.1) is 0 Å². The maximum absolute atomic E-state index is 12.6. The summed E-state index contributed by atoms with van der Waals surface area (Å²) < 4.78 is 16.7. The lowest BCUT2D eigenvalue weighted by atomic mass is 9.81. The van der Waals surface area contributed by atoms with Crippen molar-refractivity contribution in [3.05, 3.63) is 0 Å². The highest BCUT2D eigenvalue weighted by atomic mass is 16.6. The molecule has 7 heteroatoms. The molecule has 0 radical (unpaired) electrons. The van der Waals surface area contributed by atoms with Crippen molar-refractivity contribution in [3.8, 4) is 0 Å². The summed E-state index contributed by atoms with van der Waals surface area (Å²) in [5.41, 5.74) is -0.571. The van der Waals surface area contributed by atoms with Crippen LogP contribution in [0.15, 0.2) is 0 Å². The average molecular weight is 386 g/mol. The van der Waals surface area contributed by atoms with E-state index < -0.39 is 23.5 Å². The molecule has 7 nitrogen and oxygen atoms in total. The molecule has 0 aromatic carbocycles. The largest absolute Gasteiger partial charge is 0.466 e. The van der Waals surface area contributed by atoms with E-state index in [1.54, 1.807) is 0 Å². The molecule has 1 amide bonds. The summed E-state index contributed by atoms with van der Waals surface area (Å²) in [6, 6.07) is -0.437. The van der Waals surface area contributed by atoms with Crippen LogP contribution in [-0.2, 0) is 28.6 Å². The zero-order chi connectivity index (χ0) is 20.8. The molecule has 0 aliphatic heterocycles. The molecule has 0 unspecified atom stereocenters. The lowest BCUT2D eigenvalue weighted by molar-refractivity contribution is -0.161. The first kappa shape index (κ1) is 23.4. The number of carbonyl (C=O) groups excluding carboxylic acids is 3. The van der Waals surface area contributed by atoms with E-state index >= 15 is 0 Å². The fourth-order valence-electron chi connectivity index (χ4n) is 3.03. The zero-order valence-electron chi connectivity index (χ0n) is 17.7. The number of hydrogen-bond donors (Lipinski definition) is 1. The third-order valence-electron chi connectivity index (χ3n) is 4.39. The Morgan fingerprint density at radius 2 is 1.63 bits per heavy atom. The van der Waals surface area contributed by atoms with Gasteiger partial charge in [-0.25, -0.2) is 0 Å². The third-order valence-corrected chi connectivity index (χ3v) is 4.39. The van der Waals surface area contributed by atoms with Gasteiger partial charge in [-0.2, -0.15) is 0 Å². The van der Waals surface area contributed by atoms with Gasteiger partial charge in [0.1, 0.15) is 6.10 Å². The Balaban J connectivity index is 3.02. The van der Waals surface area contributed by atoms with Gasteiger partial charge in [-0.3, -0.25) is 14.4 Å². The first-order chi connectivity index (χ1) is 12.4. The molecular formula is C20H35NO6. The lowest BCUT2D eigenvalue weighted by Crippen LogP contribution is -2.59. The van der Waals surface area contributed by atoms with Gasteiger partial charge in [0.05, 0.1) is 18.8 Å². The predicted octanol–water partition coefficient (Wildman–Crippen LogP) is 2.46. The number of hydrogen-bond acceptors (Lipinski definition) is 6. The molecule has 4 atom stereocenters. The number of esters is 2. The van der Waals surface area contributed by atoms with Gasteiger partial charge < -0.3 is 19.5 Å². The molecule has 156 valence electrons. The summed E-state index contributed by atoms with van der Waals surface area (Å²) in [7, 11) is 0. The van der Waals surface area contributed by atoms with Gasteiger partial charge >= 0.3 is 11.9 Å². The Morgan fingerprint density at radius 1 is 1.04 bits per heavy atom. The van der Waals surface area contributed by atoms with Gasteiger partial charge in [-0.05, 0) is 24.7 Å². The Labute approximate surface area is 162 Å². The van der Waals surface area contributed by atoms with Crippen LogP contribution in [0.25, 0.3) is 0 Å². The Hall–Kier alpha value is -1.63. The third kappa shape index (κ3) is 8.28. The van der Waals surface area contributed by atoms with Crippen molar-refractivity contribution in [3.63, 3.8) is 0 Å². The van der Waals surface area contributed by atoms with Gasteiger partial charge in [0.2, 0.25) is 5.91 Å². The van der Waals surface area contributed by atoms with Crippen LogP contribution in [0.5, 0.6) is 0 Å². The van der Waals surface area contributed by atoms with Crippen LogP contribution in [0.3, 0.4) is 0 Å². The maximum Gasteiger partial charge on any atom is 0.302 e. The van der Waals surface area contributed by atoms with E-state index in [1.165, 1.54) is 13.8 Å². The van der Waals surface area contributed by atoms with Gasteiger partial charge in [0.25, 0.3) is 0 Å². The van der Waals surface area contributed by atoms with Crippen LogP contribution < -0.4 is 5.32 Å². The molecule has 1 aliphatic carbocycles. The smallest absolute Gasteiger partial charge is 0.302 e. The fourth-order valence-corrected chi connectivity index (χ4v) is 3.03. The quantitative estimate of drug-likeness (QED) is 0.677. The minimum absolute atomic E-state index is 0.00167. The molecule has 0 saturated heterocycles. The molecule has 1 rings (SSSR count). The highest BCUT2D eigenvalue weighted by Gasteiger charge is 2.42. The monoisotopic (exact) mass is 385 g/mol. The maximum atomic E-state index is 12.6. The van der Waals surface area contributed by atoms with Crippen molar-refractivity contribution in [1.29, 1.82) is 0 Å². The Morgan fingerprint density at radius 3 is 2.11 bits per heavy atom. The first-order valence-corrected chi connectivity index (χ1v) is 9.63. The van der Waals surface area contributed by atoms with Gasteiger partial charge in [0, 0.05) is 25.9 Å².